The van der Waals surface area contributed by atoms with Gasteiger partial charge in [-0.25, -0.2) is 4.79 Å². The van der Waals surface area contributed by atoms with Crippen LogP contribution in [-0.2, 0) is 17.9 Å². The zero-order valence-corrected chi connectivity index (χ0v) is 16.6. The van der Waals surface area contributed by atoms with E-state index in [1.165, 1.54) is 9.13 Å². The van der Waals surface area contributed by atoms with Crippen molar-refractivity contribution in [3.8, 4) is 0 Å². The smallest absolute Gasteiger partial charge is 0.331 e. The summed E-state index contributed by atoms with van der Waals surface area (Å²) in [5, 5.41) is 3.66. The lowest BCUT2D eigenvalue weighted by Gasteiger charge is -2.17. The molecule has 0 radical (unpaired) electrons. The van der Waals surface area contributed by atoms with Crippen LogP contribution < -0.4 is 16.6 Å². The average molecular weight is 400 g/mol. The molecule has 1 amide bonds. The van der Waals surface area contributed by atoms with Gasteiger partial charge in [0.1, 0.15) is 6.54 Å². The van der Waals surface area contributed by atoms with Crippen molar-refractivity contribution in [1.82, 2.24) is 14.5 Å². The van der Waals surface area contributed by atoms with Crippen molar-refractivity contribution in [3.05, 3.63) is 80.0 Å². The summed E-state index contributed by atoms with van der Waals surface area (Å²) in [7, 11) is 0. The third-order valence-corrected chi connectivity index (χ3v) is 4.85. The van der Waals surface area contributed by atoms with Crippen LogP contribution in [0.3, 0.4) is 0 Å². The van der Waals surface area contributed by atoms with Gasteiger partial charge in [-0.15, -0.1) is 0 Å². The van der Waals surface area contributed by atoms with Crippen molar-refractivity contribution < 1.29 is 4.79 Å². The topological polar surface area (TPSA) is 73.1 Å². The number of aromatic nitrogens is 2. The molecule has 7 heteroatoms. The van der Waals surface area contributed by atoms with E-state index < -0.39 is 5.69 Å². The summed E-state index contributed by atoms with van der Waals surface area (Å²) in [6.07, 6.45) is 0.630. The number of rotatable bonds is 6. The van der Waals surface area contributed by atoms with Crippen LogP contribution in [0.4, 0.5) is 0 Å². The molecule has 1 atom stereocenters. The first-order valence-corrected chi connectivity index (χ1v) is 9.57. The number of benzene rings is 2. The average Bonchev–Trinajstić information content (AvgIpc) is 2.69. The van der Waals surface area contributed by atoms with E-state index in [0.717, 1.165) is 5.56 Å². The van der Waals surface area contributed by atoms with E-state index >= 15 is 0 Å². The molecular formula is C21H22ClN3O3. The summed E-state index contributed by atoms with van der Waals surface area (Å²) >= 11 is 6.07. The first-order valence-electron chi connectivity index (χ1n) is 9.19. The number of nitrogens with zero attached hydrogens (tertiary/aromatic N) is 2. The van der Waals surface area contributed by atoms with Gasteiger partial charge in [0.15, 0.2) is 0 Å². The molecular weight excluding hydrogens is 378 g/mol. The Kier molecular flexibility index (Phi) is 5.99. The molecule has 6 nitrogen and oxygen atoms in total. The molecule has 0 fully saturated rings. The normalized spacial score (nSPS) is 12.1. The highest BCUT2D eigenvalue weighted by Crippen LogP contribution is 2.16. The first kappa shape index (κ1) is 19.9. The highest BCUT2D eigenvalue weighted by atomic mass is 35.5. The van der Waals surface area contributed by atoms with Crippen molar-refractivity contribution in [1.29, 1.82) is 0 Å². The maximum absolute atomic E-state index is 12.9. The van der Waals surface area contributed by atoms with E-state index in [9.17, 15) is 14.4 Å². The van der Waals surface area contributed by atoms with E-state index in [0.29, 0.717) is 22.3 Å². The molecule has 0 saturated carbocycles. The number of nitrogens with one attached hydrogen (secondary N) is 1. The van der Waals surface area contributed by atoms with Crippen LogP contribution >= 0.6 is 11.6 Å². The SMILES string of the molecule is CCCn1c(=O)c2ccc(Cl)cc2n(CC(=O)N[C@H](C)c2ccccc2)c1=O. The van der Waals surface area contributed by atoms with Crippen LogP contribution in [-0.4, -0.2) is 15.0 Å². The highest BCUT2D eigenvalue weighted by Gasteiger charge is 2.17. The molecule has 1 N–H and O–H groups in total. The van der Waals surface area contributed by atoms with Crippen LogP contribution in [0.1, 0.15) is 31.9 Å². The number of halogens is 1. The van der Waals surface area contributed by atoms with E-state index in [2.05, 4.69) is 5.32 Å². The fourth-order valence-corrected chi connectivity index (χ4v) is 3.39. The summed E-state index contributed by atoms with van der Waals surface area (Å²) in [6.45, 7) is 3.86. The molecule has 3 aromatic rings. The van der Waals surface area contributed by atoms with Crippen LogP contribution in [0, 0.1) is 0 Å². The van der Waals surface area contributed by atoms with Crippen LogP contribution in [0.25, 0.3) is 10.9 Å². The van der Waals surface area contributed by atoms with Gasteiger partial charge in [0.2, 0.25) is 5.91 Å². The second-order valence-corrected chi connectivity index (χ2v) is 7.12. The summed E-state index contributed by atoms with van der Waals surface area (Å²) in [5.74, 6) is -0.318. The minimum atomic E-state index is -0.510. The summed E-state index contributed by atoms with van der Waals surface area (Å²) in [6, 6.07) is 14.1. The minimum Gasteiger partial charge on any atom is -0.348 e. The lowest BCUT2D eigenvalue weighted by Crippen LogP contribution is -2.42. The Hall–Kier alpha value is -2.86. The van der Waals surface area contributed by atoms with Gasteiger partial charge in [0, 0.05) is 11.6 Å². The molecule has 0 aliphatic heterocycles. The molecule has 3 rings (SSSR count). The Balaban J connectivity index is 1.99. The second kappa shape index (κ2) is 8.44. The van der Waals surface area contributed by atoms with Crippen LogP contribution in [0.15, 0.2) is 58.1 Å². The van der Waals surface area contributed by atoms with Gasteiger partial charge in [-0.3, -0.25) is 18.7 Å². The van der Waals surface area contributed by atoms with Crippen molar-refractivity contribution in [2.24, 2.45) is 0 Å². The monoisotopic (exact) mass is 399 g/mol. The fourth-order valence-electron chi connectivity index (χ4n) is 3.22. The summed E-state index contributed by atoms with van der Waals surface area (Å²) in [4.78, 5) is 38.2. The quantitative estimate of drug-likeness (QED) is 0.692. The molecule has 0 saturated heterocycles. The summed E-state index contributed by atoms with van der Waals surface area (Å²) in [5.41, 5.74) is 0.446. The molecule has 2 aromatic carbocycles. The number of hydrogen-bond acceptors (Lipinski definition) is 3. The number of carbonyl (C=O) groups excluding carboxylic acids is 1. The molecule has 28 heavy (non-hydrogen) atoms. The van der Waals surface area contributed by atoms with Crippen LogP contribution in [0.2, 0.25) is 5.02 Å². The van der Waals surface area contributed by atoms with Gasteiger partial charge in [-0.05, 0) is 37.1 Å². The Morgan fingerprint density at radius 2 is 1.82 bits per heavy atom. The van der Waals surface area contributed by atoms with Crippen molar-refractivity contribution >= 4 is 28.4 Å². The second-order valence-electron chi connectivity index (χ2n) is 6.69. The van der Waals surface area contributed by atoms with E-state index in [-0.39, 0.29) is 30.6 Å². The van der Waals surface area contributed by atoms with Gasteiger partial charge < -0.3 is 5.32 Å². The Morgan fingerprint density at radius 1 is 1.11 bits per heavy atom. The predicted octanol–water partition coefficient (Wildman–Crippen LogP) is 3.10. The lowest BCUT2D eigenvalue weighted by atomic mass is 10.1. The van der Waals surface area contributed by atoms with Gasteiger partial charge in [-0.2, -0.15) is 0 Å². The van der Waals surface area contributed by atoms with Gasteiger partial charge in [-0.1, -0.05) is 48.9 Å². The molecule has 146 valence electrons. The predicted molar refractivity (Wildman–Crippen MR) is 111 cm³/mol. The molecule has 1 aromatic heterocycles. The molecule has 0 aliphatic rings. The van der Waals surface area contributed by atoms with E-state index in [1.807, 2.05) is 44.2 Å². The largest absolute Gasteiger partial charge is 0.348 e. The third-order valence-electron chi connectivity index (χ3n) is 4.61. The molecule has 0 spiro atoms. The minimum absolute atomic E-state index is 0.198. The van der Waals surface area contributed by atoms with Gasteiger partial charge in [0.05, 0.1) is 16.9 Å². The molecule has 0 unspecified atom stereocenters. The van der Waals surface area contributed by atoms with Gasteiger partial charge in [0.25, 0.3) is 5.56 Å². The number of fused-ring (bicyclic) bond motifs is 1. The Bertz CT molecular complexity index is 1120. The number of carbonyl (C=O) groups is 1. The standard InChI is InChI=1S/C21H22ClN3O3/c1-3-11-24-20(27)17-10-9-16(22)12-18(17)25(21(24)28)13-19(26)23-14(2)15-7-5-4-6-8-15/h4-10,12,14H,3,11,13H2,1-2H3,(H,23,26)/t14-/m1/s1. The third kappa shape index (κ3) is 4.02. The number of hydrogen-bond donors (Lipinski definition) is 1. The summed E-state index contributed by atoms with van der Waals surface area (Å²) < 4.78 is 2.48. The van der Waals surface area contributed by atoms with Crippen molar-refractivity contribution in [3.63, 3.8) is 0 Å². The maximum atomic E-state index is 12.9. The fraction of sp³-hybridized carbons (Fsp3) is 0.286. The molecule has 1 heterocycles. The first-order chi connectivity index (χ1) is 13.4. The van der Waals surface area contributed by atoms with Crippen molar-refractivity contribution in [2.75, 3.05) is 0 Å². The zero-order chi connectivity index (χ0) is 20.3. The van der Waals surface area contributed by atoms with E-state index in [4.69, 9.17) is 11.6 Å². The zero-order valence-electron chi connectivity index (χ0n) is 15.8. The van der Waals surface area contributed by atoms with E-state index in [1.54, 1.807) is 18.2 Å². The number of amides is 1. The Morgan fingerprint density at radius 3 is 2.50 bits per heavy atom. The molecule has 0 bridgehead atoms. The Labute approximate surface area is 167 Å². The lowest BCUT2D eigenvalue weighted by molar-refractivity contribution is -0.122. The van der Waals surface area contributed by atoms with Crippen molar-refractivity contribution in [2.45, 2.75) is 39.4 Å². The van der Waals surface area contributed by atoms with Crippen LogP contribution in [0.5, 0.6) is 0 Å². The molecule has 0 aliphatic carbocycles. The van der Waals surface area contributed by atoms with Gasteiger partial charge >= 0.3 is 5.69 Å². The highest BCUT2D eigenvalue weighted by molar-refractivity contribution is 6.31. The maximum Gasteiger partial charge on any atom is 0.331 e.